The normalized spacial score (nSPS) is 21.4. The molecule has 0 aromatic heterocycles. The van der Waals surface area contributed by atoms with Crippen molar-refractivity contribution in [1.82, 2.24) is 9.80 Å². The summed E-state index contributed by atoms with van der Waals surface area (Å²) in [5.74, 6) is -1.02. The second-order valence-corrected chi connectivity index (χ2v) is 9.26. The third kappa shape index (κ3) is 3.21. The molecule has 2 amide bonds. The standard InChI is InChI=1S/C17H21ClN2O5S/c1-25-11-10-20-15(21)12-26(23,24)17(20)6-8-19(9-7-17)16(22)13-2-4-14(18)5-3-13/h2-5H,6-12H2,1H3. The molecule has 9 heteroatoms. The summed E-state index contributed by atoms with van der Waals surface area (Å²) in [6.07, 6.45) is 0.425. The number of benzene rings is 1. The van der Waals surface area contributed by atoms with Crippen LogP contribution >= 0.6 is 11.6 Å². The van der Waals surface area contributed by atoms with Gasteiger partial charge in [0.15, 0.2) is 9.84 Å². The van der Waals surface area contributed by atoms with Gasteiger partial charge in [-0.2, -0.15) is 0 Å². The Morgan fingerprint density at radius 2 is 1.85 bits per heavy atom. The highest BCUT2D eigenvalue weighted by Gasteiger charge is 2.58. The molecule has 0 N–H and O–H groups in total. The summed E-state index contributed by atoms with van der Waals surface area (Å²) in [5.41, 5.74) is 0.506. The predicted molar refractivity (Wildman–Crippen MR) is 96.7 cm³/mol. The van der Waals surface area contributed by atoms with Crippen LogP contribution in [-0.4, -0.2) is 74.0 Å². The number of piperidine rings is 1. The number of hydrogen-bond acceptors (Lipinski definition) is 5. The third-order valence-electron chi connectivity index (χ3n) is 5.13. The van der Waals surface area contributed by atoms with E-state index in [1.807, 2.05) is 0 Å². The molecule has 142 valence electrons. The summed E-state index contributed by atoms with van der Waals surface area (Å²) in [4.78, 5) is 26.7. The molecule has 0 aliphatic carbocycles. The van der Waals surface area contributed by atoms with Crippen molar-refractivity contribution in [3.05, 3.63) is 34.9 Å². The minimum Gasteiger partial charge on any atom is -0.383 e. The highest BCUT2D eigenvalue weighted by atomic mass is 35.5. The molecule has 3 rings (SSSR count). The van der Waals surface area contributed by atoms with Crippen molar-refractivity contribution in [2.24, 2.45) is 0 Å². The van der Waals surface area contributed by atoms with Crippen molar-refractivity contribution in [2.75, 3.05) is 39.1 Å². The van der Waals surface area contributed by atoms with Crippen LogP contribution in [0.4, 0.5) is 0 Å². The predicted octanol–water partition coefficient (Wildman–Crippen LogP) is 1.18. The lowest BCUT2D eigenvalue weighted by Crippen LogP contribution is -2.57. The molecule has 0 unspecified atom stereocenters. The first kappa shape index (κ1) is 19.1. The van der Waals surface area contributed by atoms with Gasteiger partial charge in [0.05, 0.1) is 6.61 Å². The summed E-state index contributed by atoms with van der Waals surface area (Å²) >= 11 is 5.85. The van der Waals surface area contributed by atoms with Gasteiger partial charge in [0.2, 0.25) is 5.91 Å². The van der Waals surface area contributed by atoms with Crippen LogP contribution in [0.15, 0.2) is 24.3 Å². The maximum Gasteiger partial charge on any atom is 0.253 e. The first-order valence-electron chi connectivity index (χ1n) is 8.37. The van der Waals surface area contributed by atoms with E-state index >= 15 is 0 Å². The van der Waals surface area contributed by atoms with Crippen molar-refractivity contribution in [3.8, 4) is 0 Å². The summed E-state index contributed by atoms with van der Waals surface area (Å²) in [6, 6.07) is 6.59. The van der Waals surface area contributed by atoms with Crippen molar-refractivity contribution in [1.29, 1.82) is 0 Å². The first-order chi connectivity index (χ1) is 12.3. The minimum atomic E-state index is -3.59. The third-order valence-corrected chi connectivity index (χ3v) is 7.79. The van der Waals surface area contributed by atoms with Crippen molar-refractivity contribution in [3.63, 3.8) is 0 Å². The van der Waals surface area contributed by atoms with E-state index in [0.29, 0.717) is 10.6 Å². The molecular formula is C17H21ClN2O5S. The number of rotatable bonds is 4. The molecule has 2 aliphatic rings. The van der Waals surface area contributed by atoms with Gasteiger partial charge in [-0.3, -0.25) is 9.59 Å². The first-order valence-corrected chi connectivity index (χ1v) is 10.4. The van der Waals surface area contributed by atoms with E-state index in [9.17, 15) is 18.0 Å². The quantitative estimate of drug-likeness (QED) is 0.757. The summed E-state index contributed by atoms with van der Waals surface area (Å²) in [7, 11) is -2.08. The molecule has 0 bridgehead atoms. The molecule has 0 radical (unpaired) electrons. The van der Waals surface area contributed by atoms with Crippen LogP contribution in [0.2, 0.25) is 5.02 Å². The Labute approximate surface area is 157 Å². The van der Waals surface area contributed by atoms with Crippen LogP contribution in [0, 0.1) is 0 Å². The van der Waals surface area contributed by atoms with Crippen LogP contribution in [0.1, 0.15) is 23.2 Å². The van der Waals surface area contributed by atoms with Gasteiger partial charge in [-0.25, -0.2) is 8.42 Å². The van der Waals surface area contributed by atoms with Crippen LogP contribution in [0.5, 0.6) is 0 Å². The zero-order valence-corrected chi connectivity index (χ0v) is 16.1. The molecule has 0 saturated carbocycles. The van der Waals surface area contributed by atoms with Gasteiger partial charge in [-0.1, -0.05) is 11.6 Å². The van der Waals surface area contributed by atoms with E-state index in [1.165, 1.54) is 12.0 Å². The Morgan fingerprint density at radius 3 is 2.42 bits per heavy atom. The molecule has 26 heavy (non-hydrogen) atoms. The van der Waals surface area contributed by atoms with E-state index in [1.54, 1.807) is 29.2 Å². The molecule has 2 saturated heterocycles. The number of amides is 2. The molecule has 0 atom stereocenters. The average molecular weight is 401 g/mol. The van der Waals surface area contributed by atoms with Crippen LogP contribution < -0.4 is 0 Å². The van der Waals surface area contributed by atoms with Crippen molar-refractivity contribution >= 4 is 33.3 Å². The molecule has 2 fully saturated rings. The Bertz CT molecular complexity index is 801. The maximum atomic E-state index is 12.7. The van der Waals surface area contributed by atoms with E-state index in [0.717, 1.165) is 0 Å². The van der Waals surface area contributed by atoms with E-state index < -0.39 is 20.5 Å². The monoisotopic (exact) mass is 400 g/mol. The topological polar surface area (TPSA) is 84.0 Å². The number of likely N-dealkylation sites (tertiary alicyclic amines) is 1. The van der Waals surface area contributed by atoms with E-state index in [2.05, 4.69) is 0 Å². The summed E-state index contributed by atoms with van der Waals surface area (Å²) < 4.78 is 30.4. The smallest absolute Gasteiger partial charge is 0.253 e. The lowest BCUT2D eigenvalue weighted by atomic mass is 10.0. The number of methoxy groups -OCH3 is 1. The van der Waals surface area contributed by atoms with Crippen LogP contribution in [-0.2, 0) is 19.4 Å². The van der Waals surface area contributed by atoms with Crippen molar-refractivity contribution in [2.45, 2.75) is 17.7 Å². The zero-order valence-electron chi connectivity index (χ0n) is 14.5. The number of carbonyl (C=O) groups is 2. The molecular weight excluding hydrogens is 380 g/mol. The van der Waals surface area contributed by atoms with Gasteiger partial charge in [-0.15, -0.1) is 0 Å². The Balaban J connectivity index is 1.77. The number of halogens is 1. The number of hydrogen-bond donors (Lipinski definition) is 0. The fraction of sp³-hybridized carbons (Fsp3) is 0.529. The van der Waals surface area contributed by atoms with Gasteiger partial charge < -0.3 is 14.5 Å². The highest BCUT2D eigenvalue weighted by molar-refractivity contribution is 7.93. The van der Waals surface area contributed by atoms with Crippen LogP contribution in [0.25, 0.3) is 0 Å². The molecule has 1 aromatic rings. The number of nitrogens with zero attached hydrogens (tertiary/aromatic N) is 2. The number of carbonyl (C=O) groups excluding carboxylic acids is 2. The van der Waals surface area contributed by atoms with Crippen LogP contribution in [0.3, 0.4) is 0 Å². The molecule has 7 nitrogen and oxygen atoms in total. The second kappa shape index (κ2) is 7.17. The van der Waals surface area contributed by atoms with Gasteiger partial charge in [0, 0.05) is 50.2 Å². The van der Waals surface area contributed by atoms with Gasteiger partial charge in [0.25, 0.3) is 5.91 Å². The molecule has 1 spiro atoms. The van der Waals surface area contributed by atoms with Gasteiger partial charge in [-0.05, 0) is 24.3 Å². The Kier molecular flexibility index (Phi) is 5.28. The van der Waals surface area contributed by atoms with E-state index in [4.69, 9.17) is 16.3 Å². The lowest BCUT2D eigenvalue weighted by molar-refractivity contribution is -0.131. The molecule has 1 aromatic carbocycles. The summed E-state index contributed by atoms with van der Waals surface area (Å²) in [5, 5.41) is 0.545. The fourth-order valence-electron chi connectivity index (χ4n) is 3.70. The Hall–Kier alpha value is -1.64. The average Bonchev–Trinajstić information content (AvgIpc) is 2.79. The molecule has 2 heterocycles. The maximum absolute atomic E-state index is 12.7. The minimum absolute atomic E-state index is 0.165. The van der Waals surface area contributed by atoms with Gasteiger partial charge >= 0.3 is 0 Å². The lowest BCUT2D eigenvalue weighted by Gasteiger charge is -2.43. The number of ether oxygens (including phenoxy) is 1. The Morgan fingerprint density at radius 1 is 1.23 bits per heavy atom. The van der Waals surface area contributed by atoms with E-state index in [-0.39, 0.29) is 50.9 Å². The second-order valence-electron chi connectivity index (χ2n) is 6.54. The fourth-order valence-corrected chi connectivity index (χ4v) is 5.91. The summed E-state index contributed by atoms with van der Waals surface area (Å²) in [6.45, 7) is 1.06. The zero-order chi connectivity index (χ0) is 18.9. The SMILES string of the molecule is COCCN1C(=O)CS(=O)(=O)C12CCN(C(=O)c1ccc(Cl)cc1)CC2. The largest absolute Gasteiger partial charge is 0.383 e. The molecule has 2 aliphatic heterocycles. The van der Waals surface area contributed by atoms with Crippen molar-refractivity contribution < 1.29 is 22.7 Å². The number of sulfone groups is 1. The van der Waals surface area contributed by atoms with Gasteiger partial charge in [0.1, 0.15) is 10.6 Å². The highest BCUT2D eigenvalue weighted by Crippen LogP contribution is 2.40.